The van der Waals surface area contributed by atoms with Gasteiger partial charge in [0.2, 0.25) is 0 Å². The zero-order valence-electron chi connectivity index (χ0n) is 8.98. The molecule has 0 unspecified atom stereocenters. The van der Waals surface area contributed by atoms with Gasteiger partial charge in [0, 0.05) is 16.9 Å². The summed E-state index contributed by atoms with van der Waals surface area (Å²) in [5, 5.41) is 0. The first-order valence-corrected chi connectivity index (χ1v) is 5.83. The summed E-state index contributed by atoms with van der Waals surface area (Å²) in [7, 11) is 0. The Morgan fingerprint density at radius 3 is 2.62 bits per heavy atom. The third kappa shape index (κ3) is 2.83. The molecule has 2 aromatic rings. The van der Waals surface area contributed by atoms with Gasteiger partial charge < -0.3 is 4.74 Å². The Bertz CT molecular complexity index is 471. The highest BCUT2D eigenvalue weighted by Crippen LogP contribution is 2.22. The van der Waals surface area contributed by atoms with Gasteiger partial charge in [0.25, 0.3) is 0 Å². The number of hydrogen-bond donors (Lipinski definition) is 0. The van der Waals surface area contributed by atoms with E-state index in [2.05, 4.69) is 20.9 Å². The van der Waals surface area contributed by atoms with E-state index in [0.29, 0.717) is 6.61 Å². The summed E-state index contributed by atoms with van der Waals surface area (Å²) in [6.45, 7) is 2.62. The first-order valence-electron chi connectivity index (χ1n) is 5.03. The molecule has 3 heteroatoms. The van der Waals surface area contributed by atoms with Crippen molar-refractivity contribution >= 4 is 15.9 Å². The van der Waals surface area contributed by atoms with Crippen molar-refractivity contribution in [2.75, 3.05) is 0 Å². The highest BCUT2D eigenvalue weighted by molar-refractivity contribution is 9.10. The van der Waals surface area contributed by atoms with Crippen molar-refractivity contribution < 1.29 is 4.74 Å². The lowest BCUT2D eigenvalue weighted by atomic mass is 10.2. The monoisotopic (exact) mass is 277 g/mol. The lowest BCUT2D eigenvalue weighted by Crippen LogP contribution is -1.95. The van der Waals surface area contributed by atoms with Crippen LogP contribution in [0.2, 0.25) is 0 Å². The highest BCUT2D eigenvalue weighted by atomic mass is 79.9. The van der Waals surface area contributed by atoms with E-state index < -0.39 is 0 Å². The second-order valence-corrected chi connectivity index (χ2v) is 4.41. The summed E-state index contributed by atoms with van der Waals surface area (Å²) >= 11 is 3.46. The summed E-state index contributed by atoms with van der Waals surface area (Å²) in [5.74, 6) is 0.887. The molecule has 0 spiro atoms. The average Bonchev–Trinajstić information content (AvgIpc) is 2.32. The van der Waals surface area contributed by atoms with Crippen molar-refractivity contribution in [3.63, 3.8) is 0 Å². The van der Waals surface area contributed by atoms with Gasteiger partial charge >= 0.3 is 0 Å². The Hall–Kier alpha value is -1.35. The maximum Gasteiger partial charge on any atom is 0.120 e. The van der Waals surface area contributed by atoms with Gasteiger partial charge in [-0.3, -0.25) is 4.98 Å². The molecule has 2 rings (SSSR count). The fraction of sp³-hybridized carbons (Fsp3) is 0.154. The minimum absolute atomic E-state index is 0.573. The van der Waals surface area contributed by atoms with Crippen molar-refractivity contribution in [2.45, 2.75) is 13.5 Å². The second kappa shape index (κ2) is 5.12. The number of ether oxygens (including phenoxy) is 1. The first kappa shape index (κ1) is 11.1. The van der Waals surface area contributed by atoms with Crippen LogP contribution in [0.3, 0.4) is 0 Å². The van der Waals surface area contributed by atoms with Crippen LogP contribution in [0.15, 0.2) is 47.2 Å². The van der Waals surface area contributed by atoms with E-state index in [1.165, 1.54) is 5.56 Å². The molecule has 0 atom stereocenters. The van der Waals surface area contributed by atoms with Crippen LogP contribution in [0, 0.1) is 6.92 Å². The third-order valence-electron chi connectivity index (χ3n) is 2.28. The second-order valence-electron chi connectivity index (χ2n) is 3.56. The van der Waals surface area contributed by atoms with Crippen molar-refractivity contribution in [1.29, 1.82) is 0 Å². The summed E-state index contributed by atoms with van der Waals surface area (Å²) in [6, 6.07) is 9.87. The Balaban J connectivity index is 2.03. The average molecular weight is 278 g/mol. The molecule has 0 bridgehead atoms. The fourth-order valence-corrected chi connectivity index (χ4v) is 1.60. The molecule has 0 fully saturated rings. The number of pyridine rings is 1. The zero-order chi connectivity index (χ0) is 11.4. The molecule has 0 aliphatic heterocycles. The molecule has 0 amide bonds. The van der Waals surface area contributed by atoms with Gasteiger partial charge in [-0.2, -0.15) is 0 Å². The van der Waals surface area contributed by atoms with Crippen LogP contribution in [0.1, 0.15) is 11.1 Å². The predicted molar refractivity (Wildman–Crippen MR) is 67.4 cm³/mol. The molecular formula is C13H12BrNO. The first-order chi connectivity index (χ1) is 7.75. The topological polar surface area (TPSA) is 22.1 Å². The van der Waals surface area contributed by atoms with E-state index >= 15 is 0 Å². The van der Waals surface area contributed by atoms with Crippen LogP contribution >= 0.6 is 15.9 Å². The number of aryl methyl sites for hydroxylation is 1. The van der Waals surface area contributed by atoms with Crippen LogP contribution in [-0.4, -0.2) is 4.98 Å². The van der Waals surface area contributed by atoms with Crippen molar-refractivity contribution in [3.05, 3.63) is 58.3 Å². The molecule has 1 aromatic carbocycles. The summed E-state index contributed by atoms with van der Waals surface area (Å²) < 4.78 is 6.78. The molecule has 82 valence electrons. The van der Waals surface area contributed by atoms with Crippen LogP contribution in [0.4, 0.5) is 0 Å². The van der Waals surface area contributed by atoms with Gasteiger partial charge in [0.05, 0.1) is 0 Å². The number of halogens is 1. The normalized spacial score (nSPS) is 10.1. The van der Waals surface area contributed by atoms with E-state index in [0.717, 1.165) is 15.8 Å². The standard InChI is InChI=1S/C13H12BrNO/c1-10-8-12(2-3-13(10)14)16-9-11-4-6-15-7-5-11/h2-8H,9H2,1H3. The Morgan fingerprint density at radius 1 is 1.19 bits per heavy atom. The van der Waals surface area contributed by atoms with E-state index in [1.807, 2.05) is 37.3 Å². The van der Waals surface area contributed by atoms with E-state index in [1.54, 1.807) is 12.4 Å². The quantitative estimate of drug-likeness (QED) is 0.853. The summed E-state index contributed by atoms with van der Waals surface area (Å²) in [4.78, 5) is 3.96. The number of aromatic nitrogens is 1. The Kier molecular flexibility index (Phi) is 3.57. The number of nitrogens with zero attached hydrogens (tertiary/aromatic N) is 1. The zero-order valence-corrected chi connectivity index (χ0v) is 10.6. The van der Waals surface area contributed by atoms with Crippen molar-refractivity contribution in [1.82, 2.24) is 4.98 Å². The maximum absolute atomic E-state index is 5.68. The molecule has 0 aliphatic rings. The van der Waals surface area contributed by atoms with E-state index in [-0.39, 0.29) is 0 Å². The van der Waals surface area contributed by atoms with Gasteiger partial charge in [0.15, 0.2) is 0 Å². The molecule has 16 heavy (non-hydrogen) atoms. The molecule has 0 aliphatic carbocycles. The minimum Gasteiger partial charge on any atom is -0.489 e. The molecule has 1 heterocycles. The maximum atomic E-state index is 5.68. The lowest BCUT2D eigenvalue weighted by Gasteiger charge is -2.07. The number of hydrogen-bond acceptors (Lipinski definition) is 2. The van der Waals surface area contributed by atoms with E-state index in [4.69, 9.17) is 4.74 Å². The van der Waals surface area contributed by atoms with Crippen LogP contribution < -0.4 is 4.74 Å². The molecule has 0 N–H and O–H groups in total. The lowest BCUT2D eigenvalue weighted by molar-refractivity contribution is 0.306. The predicted octanol–water partition coefficient (Wildman–Crippen LogP) is 3.73. The van der Waals surface area contributed by atoms with Crippen LogP contribution in [-0.2, 0) is 6.61 Å². The third-order valence-corrected chi connectivity index (χ3v) is 3.17. The molecule has 0 saturated heterocycles. The van der Waals surface area contributed by atoms with Gasteiger partial charge in [0.1, 0.15) is 12.4 Å². The van der Waals surface area contributed by atoms with Gasteiger partial charge in [-0.25, -0.2) is 0 Å². The summed E-state index contributed by atoms with van der Waals surface area (Å²) in [5.41, 5.74) is 2.29. The number of rotatable bonds is 3. The highest BCUT2D eigenvalue weighted by Gasteiger charge is 1.98. The van der Waals surface area contributed by atoms with Crippen molar-refractivity contribution in [2.24, 2.45) is 0 Å². The SMILES string of the molecule is Cc1cc(OCc2ccncc2)ccc1Br. The Morgan fingerprint density at radius 2 is 1.94 bits per heavy atom. The fourth-order valence-electron chi connectivity index (χ4n) is 1.35. The molecule has 1 aromatic heterocycles. The molecule has 2 nitrogen and oxygen atoms in total. The van der Waals surface area contributed by atoms with Crippen LogP contribution in [0.25, 0.3) is 0 Å². The Labute approximate surface area is 103 Å². The van der Waals surface area contributed by atoms with Gasteiger partial charge in [-0.1, -0.05) is 15.9 Å². The van der Waals surface area contributed by atoms with Gasteiger partial charge in [-0.05, 0) is 48.4 Å². The van der Waals surface area contributed by atoms with Crippen molar-refractivity contribution in [3.8, 4) is 5.75 Å². The molecule has 0 radical (unpaired) electrons. The molecular weight excluding hydrogens is 266 g/mol. The summed E-state index contributed by atoms with van der Waals surface area (Å²) in [6.07, 6.45) is 3.54. The largest absolute Gasteiger partial charge is 0.489 e. The van der Waals surface area contributed by atoms with Gasteiger partial charge in [-0.15, -0.1) is 0 Å². The van der Waals surface area contributed by atoms with E-state index in [9.17, 15) is 0 Å². The molecule has 0 saturated carbocycles. The smallest absolute Gasteiger partial charge is 0.120 e. The van der Waals surface area contributed by atoms with Crippen LogP contribution in [0.5, 0.6) is 5.75 Å². The number of benzene rings is 1. The minimum atomic E-state index is 0.573.